The number of allylic oxidation sites excluding steroid dienone is 2. The fourth-order valence-corrected chi connectivity index (χ4v) is 3.40. The highest BCUT2D eigenvalue weighted by Crippen LogP contribution is 2.34. The van der Waals surface area contributed by atoms with Gasteiger partial charge in [-0.25, -0.2) is 9.59 Å². The van der Waals surface area contributed by atoms with Crippen molar-refractivity contribution in [2.45, 2.75) is 25.7 Å². The van der Waals surface area contributed by atoms with E-state index in [1.165, 1.54) is 20.3 Å². The third-order valence-electron chi connectivity index (χ3n) is 4.68. The highest BCUT2D eigenvalue weighted by atomic mass is 16.5. The molecule has 6 nitrogen and oxygen atoms in total. The molecule has 2 aliphatic rings. The molecule has 0 saturated heterocycles. The molecule has 0 unspecified atom stereocenters. The lowest BCUT2D eigenvalue weighted by molar-refractivity contribution is -0.139. The predicted octanol–water partition coefficient (Wildman–Crippen LogP) is 3.09. The van der Waals surface area contributed by atoms with Gasteiger partial charge in [0.1, 0.15) is 5.70 Å². The van der Waals surface area contributed by atoms with E-state index in [9.17, 15) is 14.4 Å². The first-order valence-corrected chi connectivity index (χ1v) is 8.78. The molecule has 1 aliphatic heterocycles. The molecule has 0 aromatic heterocycles. The topological polar surface area (TPSA) is 72.9 Å². The van der Waals surface area contributed by atoms with Gasteiger partial charge >= 0.3 is 11.9 Å². The number of ether oxygens (including phenoxy) is 2. The van der Waals surface area contributed by atoms with Gasteiger partial charge in [0.15, 0.2) is 5.78 Å². The summed E-state index contributed by atoms with van der Waals surface area (Å²) in [6.45, 7) is 0. The maximum atomic E-state index is 12.6. The summed E-state index contributed by atoms with van der Waals surface area (Å²) in [5.74, 6) is -1.21. The fraction of sp³-hybridized carbons (Fsp3) is 0.286. The third-order valence-corrected chi connectivity index (χ3v) is 4.68. The first-order valence-electron chi connectivity index (χ1n) is 8.78. The monoisotopic (exact) mass is 367 g/mol. The van der Waals surface area contributed by atoms with E-state index in [1.807, 2.05) is 12.1 Å². The molecule has 0 fully saturated rings. The summed E-state index contributed by atoms with van der Waals surface area (Å²) in [4.78, 5) is 38.9. The van der Waals surface area contributed by atoms with E-state index in [4.69, 9.17) is 9.47 Å². The van der Waals surface area contributed by atoms with E-state index in [2.05, 4.69) is 0 Å². The molecular weight excluding hydrogens is 346 g/mol. The van der Waals surface area contributed by atoms with Gasteiger partial charge in [-0.1, -0.05) is 18.2 Å². The number of hydrogen-bond donors (Lipinski definition) is 0. The first-order chi connectivity index (χ1) is 13.1. The molecule has 140 valence electrons. The van der Waals surface area contributed by atoms with Crippen LogP contribution in [-0.4, -0.2) is 31.9 Å². The van der Waals surface area contributed by atoms with E-state index < -0.39 is 11.9 Å². The van der Waals surface area contributed by atoms with Crippen LogP contribution in [-0.2, 0) is 25.5 Å². The van der Waals surface area contributed by atoms with E-state index >= 15 is 0 Å². The Balaban J connectivity index is 2.23. The highest BCUT2D eigenvalue weighted by molar-refractivity contribution is 6.06. The van der Waals surface area contributed by atoms with Crippen LogP contribution in [0.4, 0.5) is 5.69 Å². The molecule has 0 N–H and O–H groups in total. The Morgan fingerprint density at radius 1 is 1.00 bits per heavy atom. The number of Topliss-reactive ketones (excluding diaryl/α,β-unsaturated/α-hetero) is 1. The molecule has 0 saturated carbocycles. The Morgan fingerprint density at radius 3 is 2.48 bits per heavy atom. The molecule has 6 heteroatoms. The van der Waals surface area contributed by atoms with Gasteiger partial charge < -0.3 is 14.4 Å². The first kappa shape index (κ1) is 18.6. The Labute approximate surface area is 157 Å². The normalized spacial score (nSPS) is 16.5. The summed E-state index contributed by atoms with van der Waals surface area (Å²) in [5.41, 5.74) is 2.37. The number of fused-ring (bicyclic) bond motifs is 1. The molecule has 0 atom stereocenters. The van der Waals surface area contributed by atoms with Crippen molar-refractivity contribution >= 4 is 23.4 Å². The van der Waals surface area contributed by atoms with Gasteiger partial charge in [0, 0.05) is 23.9 Å². The van der Waals surface area contributed by atoms with Crippen molar-refractivity contribution in [2.75, 3.05) is 19.1 Å². The lowest BCUT2D eigenvalue weighted by atomic mass is 9.99. The molecular formula is C21H21NO5. The number of hydrogen-bond acceptors (Lipinski definition) is 6. The van der Waals surface area contributed by atoms with Crippen molar-refractivity contribution in [1.82, 2.24) is 0 Å². The Morgan fingerprint density at radius 2 is 1.74 bits per heavy atom. The maximum absolute atomic E-state index is 12.6. The lowest BCUT2D eigenvalue weighted by Gasteiger charge is -2.26. The average Bonchev–Trinajstić information content (AvgIpc) is 3.03. The molecule has 0 spiro atoms. The Hall–Kier alpha value is -3.15. The second-order valence-corrected chi connectivity index (χ2v) is 6.25. The smallest absolute Gasteiger partial charge is 0.355 e. The summed E-state index contributed by atoms with van der Waals surface area (Å²) in [6, 6.07) is 5.44. The summed E-state index contributed by atoms with van der Waals surface area (Å²) >= 11 is 0. The number of rotatable bonds is 3. The predicted molar refractivity (Wildman–Crippen MR) is 100 cm³/mol. The van der Waals surface area contributed by atoms with Crippen molar-refractivity contribution in [3.8, 4) is 0 Å². The minimum absolute atomic E-state index is 0.0550. The van der Waals surface area contributed by atoms with Crippen LogP contribution >= 0.6 is 0 Å². The van der Waals surface area contributed by atoms with Crippen molar-refractivity contribution in [3.63, 3.8) is 0 Å². The van der Waals surface area contributed by atoms with Crippen LogP contribution in [0.5, 0.6) is 0 Å². The van der Waals surface area contributed by atoms with E-state index in [0.717, 1.165) is 24.8 Å². The van der Waals surface area contributed by atoms with Crippen LogP contribution in [0.1, 0.15) is 35.2 Å². The number of carbonyl (C=O) groups excluding carboxylic acids is 3. The lowest BCUT2D eigenvalue weighted by Crippen LogP contribution is -2.28. The second-order valence-electron chi connectivity index (χ2n) is 6.25. The second kappa shape index (κ2) is 8.03. The molecule has 0 bridgehead atoms. The van der Waals surface area contributed by atoms with Gasteiger partial charge in [0.25, 0.3) is 0 Å². The van der Waals surface area contributed by atoms with E-state index in [1.54, 1.807) is 29.3 Å². The van der Waals surface area contributed by atoms with Gasteiger partial charge in [-0.05, 0) is 43.0 Å². The van der Waals surface area contributed by atoms with Crippen LogP contribution in [0.15, 0.2) is 53.9 Å². The quantitative estimate of drug-likeness (QED) is 0.604. The summed E-state index contributed by atoms with van der Waals surface area (Å²) in [7, 11) is 2.52. The van der Waals surface area contributed by atoms with Crippen LogP contribution in [0, 0.1) is 0 Å². The minimum atomic E-state index is -0.663. The minimum Gasteiger partial charge on any atom is -0.465 e. The van der Waals surface area contributed by atoms with Crippen molar-refractivity contribution in [3.05, 3.63) is 65.0 Å². The molecule has 0 radical (unpaired) electrons. The number of carbonyl (C=O) groups is 3. The van der Waals surface area contributed by atoms with E-state index in [-0.39, 0.29) is 17.1 Å². The van der Waals surface area contributed by atoms with Gasteiger partial charge in [-0.2, -0.15) is 0 Å². The summed E-state index contributed by atoms with van der Waals surface area (Å²) in [5, 5.41) is 0. The molecule has 1 heterocycles. The van der Waals surface area contributed by atoms with E-state index in [0.29, 0.717) is 17.7 Å². The van der Waals surface area contributed by atoms with Gasteiger partial charge in [0.05, 0.1) is 19.8 Å². The fourth-order valence-electron chi connectivity index (χ4n) is 3.40. The van der Waals surface area contributed by atoms with Crippen LogP contribution in [0.3, 0.4) is 0 Å². The Bertz CT molecular complexity index is 879. The van der Waals surface area contributed by atoms with Gasteiger partial charge in [-0.3, -0.25) is 4.79 Å². The van der Waals surface area contributed by atoms with Crippen molar-refractivity contribution < 1.29 is 23.9 Å². The van der Waals surface area contributed by atoms with Crippen LogP contribution in [0.25, 0.3) is 0 Å². The largest absolute Gasteiger partial charge is 0.465 e. The standard InChI is InChI=1S/C21H21NO5/c1-26-20(24)16-9-5-6-13-22(19(16)21(25)27-2)17-11-7-10-15-14(17)8-3-4-12-18(15)23/h5-7,9-11,13H,3-4,8,12H2,1-2H3. The molecule has 0 amide bonds. The van der Waals surface area contributed by atoms with Crippen molar-refractivity contribution in [1.29, 1.82) is 0 Å². The maximum Gasteiger partial charge on any atom is 0.355 e. The molecule has 1 aliphatic carbocycles. The number of nitrogens with zero attached hydrogens (tertiary/aromatic N) is 1. The number of benzene rings is 1. The van der Waals surface area contributed by atoms with Crippen LogP contribution < -0.4 is 4.90 Å². The number of methoxy groups -OCH3 is 2. The third kappa shape index (κ3) is 3.56. The number of ketones is 1. The molecule has 1 aromatic carbocycles. The SMILES string of the molecule is COC(=O)C1=C(C(=O)OC)N(c2cccc3c2CCCCC3=O)C=CC=C1. The zero-order valence-electron chi connectivity index (χ0n) is 15.4. The summed E-state index contributed by atoms with van der Waals surface area (Å²) in [6.07, 6.45) is 9.52. The van der Waals surface area contributed by atoms with Gasteiger partial charge in [-0.15, -0.1) is 0 Å². The van der Waals surface area contributed by atoms with Crippen LogP contribution in [0.2, 0.25) is 0 Å². The zero-order chi connectivity index (χ0) is 19.4. The number of anilines is 1. The molecule has 27 heavy (non-hydrogen) atoms. The Kier molecular flexibility index (Phi) is 5.54. The summed E-state index contributed by atoms with van der Waals surface area (Å²) < 4.78 is 9.77. The highest BCUT2D eigenvalue weighted by Gasteiger charge is 2.30. The zero-order valence-corrected chi connectivity index (χ0v) is 15.4. The van der Waals surface area contributed by atoms with Crippen molar-refractivity contribution in [2.24, 2.45) is 0 Å². The van der Waals surface area contributed by atoms with Gasteiger partial charge in [0.2, 0.25) is 0 Å². The average molecular weight is 367 g/mol. The number of esters is 2. The molecule has 1 aromatic rings. The molecule has 3 rings (SSSR count).